The van der Waals surface area contributed by atoms with Gasteiger partial charge in [0.25, 0.3) is 0 Å². The van der Waals surface area contributed by atoms with Crippen LogP contribution in [0.15, 0.2) is 24.2 Å². The fourth-order valence-electron chi connectivity index (χ4n) is 1.15. The molecule has 0 atom stereocenters. The van der Waals surface area contributed by atoms with Crippen LogP contribution in [0, 0.1) is 0 Å². The molecule has 2 N–H and O–H groups in total. The molecule has 0 amide bonds. The van der Waals surface area contributed by atoms with Gasteiger partial charge >= 0.3 is 0 Å². The number of carbonyl (C=O) groups is 1. The van der Waals surface area contributed by atoms with Gasteiger partial charge in [0.15, 0.2) is 5.83 Å². The van der Waals surface area contributed by atoms with Crippen molar-refractivity contribution in [3.63, 3.8) is 0 Å². The first-order valence-corrected chi connectivity index (χ1v) is 4.84. The Morgan fingerprint density at radius 1 is 1.53 bits per heavy atom. The Labute approximate surface area is 98.7 Å². The Balaban J connectivity index is 3.11. The number of allylic oxidation sites excluding steroid dienone is 1. The van der Waals surface area contributed by atoms with E-state index in [0.717, 1.165) is 6.20 Å². The molecule has 0 aliphatic carbocycles. The lowest BCUT2D eigenvalue weighted by atomic mass is 10.2. The van der Waals surface area contributed by atoms with Crippen molar-refractivity contribution in [3.8, 4) is 5.88 Å². The number of ketones is 1. The van der Waals surface area contributed by atoms with E-state index in [0.29, 0.717) is 0 Å². The van der Waals surface area contributed by atoms with Crippen LogP contribution in [0.4, 0.5) is 10.1 Å². The van der Waals surface area contributed by atoms with Gasteiger partial charge in [-0.3, -0.25) is 4.79 Å². The second-order valence-corrected chi connectivity index (χ2v) is 3.56. The maximum Gasteiger partial charge on any atom is 0.243 e. The zero-order valence-corrected chi connectivity index (χ0v) is 9.90. The van der Waals surface area contributed by atoms with E-state index in [4.69, 9.17) is 10.5 Å². The van der Waals surface area contributed by atoms with Crippen LogP contribution in [0.2, 0.25) is 0 Å². The van der Waals surface area contributed by atoms with Crippen molar-refractivity contribution in [2.45, 2.75) is 0 Å². The number of methoxy groups -OCH3 is 1. The van der Waals surface area contributed by atoms with Crippen molar-refractivity contribution >= 4 is 11.5 Å². The SMILES string of the molecule is COc1ccc(N)c(C(=O)C(F)=CN(C)C)n1. The van der Waals surface area contributed by atoms with Crippen LogP contribution in [-0.4, -0.2) is 36.9 Å². The molecule has 17 heavy (non-hydrogen) atoms. The van der Waals surface area contributed by atoms with Gasteiger partial charge in [-0.05, 0) is 6.07 Å². The summed E-state index contributed by atoms with van der Waals surface area (Å²) < 4.78 is 18.3. The predicted molar refractivity (Wildman–Crippen MR) is 62.4 cm³/mol. The van der Waals surface area contributed by atoms with E-state index in [1.807, 2.05) is 0 Å². The normalized spacial score (nSPS) is 11.2. The third-order valence-corrected chi connectivity index (χ3v) is 1.91. The summed E-state index contributed by atoms with van der Waals surface area (Å²) in [6.45, 7) is 0. The second-order valence-electron chi connectivity index (χ2n) is 3.56. The van der Waals surface area contributed by atoms with E-state index in [-0.39, 0.29) is 17.3 Å². The quantitative estimate of drug-likeness (QED) is 0.632. The van der Waals surface area contributed by atoms with Crippen LogP contribution >= 0.6 is 0 Å². The number of hydrogen-bond acceptors (Lipinski definition) is 5. The van der Waals surface area contributed by atoms with Gasteiger partial charge < -0.3 is 15.4 Å². The Hall–Kier alpha value is -2.11. The standard InChI is InChI=1S/C11H14FN3O2/c1-15(2)6-7(12)11(16)10-8(13)4-5-9(14-10)17-3/h4-6H,13H2,1-3H3. The molecule has 92 valence electrons. The van der Waals surface area contributed by atoms with E-state index >= 15 is 0 Å². The van der Waals surface area contributed by atoms with Crippen LogP contribution in [0.25, 0.3) is 0 Å². The molecule has 0 aromatic carbocycles. The lowest BCUT2D eigenvalue weighted by Crippen LogP contribution is -2.11. The first kappa shape index (κ1) is 13.0. The molecule has 0 saturated carbocycles. The summed E-state index contributed by atoms with van der Waals surface area (Å²) >= 11 is 0. The van der Waals surface area contributed by atoms with Crippen LogP contribution in [0.5, 0.6) is 5.88 Å². The number of nitrogens with zero attached hydrogens (tertiary/aromatic N) is 2. The molecule has 0 radical (unpaired) electrons. The van der Waals surface area contributed by atoms with Crippen molar-refractivity contribution in [2.24, 2.45) is 0 Å². The lowest BCUT2D eigenvalue weighted by Gasteiger charge is -2.07. The average Bonchev–Trinajstić information content (AvgIpc) is 2.28. The summed E-state index contributed by atoms with van der Waals surface area (Å²) in [5, 5.41) is 0. The third-order valence-electron chi connectivity index (χ3n) is 1.91. The molecule has 1 aromatic heterocycles. The van der Waals surface area contributed by atoms with E-state index in [9.17, 15) is 9.18 Å². The van der Waals surface area contributed by atoms with Crippen molar-refractivity contribution in [1.29, 1.82) is 0 Å². The minimum atomic E-state index is -0.928. The number of Topliss-reactive ketones (excluding diaryl/α,β-unsaturated/α-hetero) is 1. The Morgan fingerprint density at radius 3 is 2.71 bits per heavy atom. The van der Waals surface area contributed by atoms with E-state index in [1.54, 1.807) is 14.1 Å². The van der Waals surface area contributed by atoms with Crippen molar-refractivity contribution in [3.05, 3.63) is 29.9 Å². The highest BCUT2D eigenvalue weighted by molar-refractivity contribution is 6.08. The first-order valence-electron chi connectivity index (χ1n) is 4.84. The Kier molecular flexibility index (Phi) is 4.03. The van der Waals surface area contributed by atoms with Gasteiger partial charge in [0.1, 0.15) is 5.69 Å². The van der Waals surface area contributed by atoms with Crippen molar-refractivity contribution in [1.82, 2.24) is 9.88 Å². The fraction of sp³-hybridized carbons (Fsp3) is 0.273. The topological polar surface area (TPSA) is 68.5 Å². The number of ether oxygens (including phenoxy) is 1. The molecule has 5 nitrogen and oxygen atoms in total. The molecular weight excluding hydrogens is 225 g/mol. The summed E-state index contributed by atoms with van der Waals surface area (Å²) in [4.78, 5) is 16.9. The minimum Gasteiger partial charge on any atom is -0.481 e. The van der Waals surface area contributed by atoms with Crippen LogP contribution in [-0.2, 0) is 0 Å². The van der Waals surface area contributed by atoms with Crippen LogP contribution in [0.3, 0.4) is 0 Å². The third kappa shape index (κ3) is 3.17. The maximum atomic E-state index is 13.5. The zero-order chi connectivity index (χ0) is 13.0. The number of hydrogen-bond donors (Lipinski definition) is 1. The summed E-state index contributed by atoms with van der Waals surface area (Å²) in [6.07, 6.45) is 1.06. The summed E-state index contributed by atoms with van der Waals surface area (Å²) in [5.74, 6) is -1.59. The molecule has 1 rings (SSSR count). The van der Waals surface area contributed by atoms with E-state index in [2.05, 4.69) is 4.98 Å². The van der Waals surface area contributed by atoms with E-state index in [1.165, 1.54) is 24.1 Å². The molecule has 0 fully saturated rings. The monoisotopic (exact) mass is 239 g/mol. The number of pyridine rings is 1. The van der Waals surface area contributed by atoms with Crippen LogP contribution < -0.4 is 10.5 Å². The van der Waals surface area contributed by atoms with Crippen LogP contribution in [0.1, 0.15) is 10.5 Å². The highest BCUT2D eigenvalue weighted by Crippen LogP contribution is 2.18. The number of nitrogen functional groups attached to an aromatic ring is 1. The molecule has 0 aliphatic heterocycles. The Morgan fingerprint density at radius 2 is 2.18 bits per heavy atom. The molecule has 0 aliphatic rings. The van der Waals surface area contributed by atoms with Gasteiger partial charge in [0, 0.05) is 26.4 Å². The van der Waals surface area contributed by atoms with Crippen molar-refractivity contribution < 1.29 is 13.9 Å². The molecule has 1 aromatic rings. The van der Waals surface area contributed by atoms with E-state index < -0.39 is 11.6 Å². The van der Waals surface area contributed by atoms with Gasteiger partial charge in [-0.1, -0.05) is 0 Å². The molecule has 6 heteroatoms. The Bertz CT molecular complexity index is 458. The number of rotatable bonds is 4. The first-order chi connectivity index (χ1) is 7.95. The second kappa shape index (κ2) is 5.29. The van der Waals surface area contributed by atoms with Gasteiger partial charge in [0.05, 0.1) is 12.8 Å². The zero-order valence-electron chi connectivity index (χ0n) is 9.90. The molecule has 0 saturated heterocycles. The van der Waals surface area contributed by atoms with Gasteiger partial charge in [-0.2, -0.15) is 0 Å². The van der Waals surface area contributed by atoms with Gasteiger partial charge in [-0.25, -0.2) is 9.37 Å². The molecular formula is C11H14FN3O2. The number of carbonyl (C=O) groups excluding carboxylic acids is 1. The number of nitrogens with two attached hydrogens (primary N) is 1. The predicted octanol–water partition coefficient (Wildman–Crippen LogP) is 1.23. The largest absolute Gasteiger partial charge is 0.481 e. The maximum absolute atomic E-state index is 13.5. The lowest BCUT2D eigenvalue weighted by molar-refractivity contribution is 0.0997. The highest BCUT2D eigenvalue weighted by atomic mass is 19.1. The van der Waals surface area contributed by atoms with Crippen molar-refractivity contribution in [2.75, 3.05) is 26.9 Å². The van der Waals surface area contributed by atoms with Gasteiger partial charge in [0.2, 0.25) is 11.7 Å². The number of halogens is 1. The highest BCUT2D eigenvalue weighted by Gasteiger charge is 2.18. The summed E-state index contributed by atoms with van der Waals surface area (Å²) in [6, 6.07) is 2.95. The molecule has 1 heterocycles. The molecule has 0 bridgehead atoms. The van der Waals surface area contributed by atoms with Gasteiger partial charge in [-0.15, -0.1) is 0 Å². The summed E-state index contributed by atoms with van der Waals surface area (Å²) in [7, 11) is 4.61. The number of anilines is 1. The fourth-order valence-corrected chi connectivity index (χ4v) is 1.15. The summed E-state index contributed by atoms with van der Waals surface area (Å²) in [5.41, 5.74) is 5.52. The number of aromatic nitrogens is 1. The smallest absolute Gasteiger partial charge is 0.243 e. The molecule has 0 unspecified atom stereocenters. The minimum absolute atomic E-state index is 0.109. The molecule has 0 spiro atoms. The average molecular weight is 239 g/mol.